The first-order chi connectivity index (χ1) is 7.31. The molecule has 2 unspecified atom stereocenters. The predicted octanol–water partition coefficient (Wildman–Crippen LogP) is 2.05. The van der Waals surface area contributed by atoms with E-state index in [2.05, 4.69) is 0 Å². The van der Waals surface area contributed by atoms with Crippen LogP contribution in [0.15, 0.2) is 24.3 Å². The van der Waals surface area contributed by atoms with Gasteiger partial charge in [0.25, 0.3) is 0 Å². The summed E-state index contributed by atoms with van der Waals surface area (Å²) < 4.78 is 37.4. The molecule has 0 aliphatic carbocycles. The lowest BCUT2D eigenvalue weighted by Gasteiger charge is -2.45. The molecular weight excluding hydrogens is 210 g/mol. The van der Waals surface area contributed by atoms with E-state index < -0.39 is 17.0 Å². The van der Waals surface area contributed by atoms with E-state index in [0.29, 0.717) is 12.0 Å². The van der Waals surface area contributed by atoms with Gasteiger partial charge in [-0.15, -0.1) is 5.72 Å². The van der Waals surface area contributed by atoms with Gasteiger partial charge in [0.2, 0.25) is 0 Å². The van der Waals surface area contributed by atoms with Crippen molar-refractivity contribution in [3.63, 3.8) is 0 Å². The van der Waals surface area contributed by atoms with Crippen molar-refractivity contribution in [1.82, 2.24) is 0 Å². The Hall–Kier alpha value is -0.795. The van der Waals surface area contributed by atoms with Crippen molar-refractivity contribution >= 4 is 23.0 Å². The second-order valence-electron chi connectivity index (χ2n) is 4.15. The maximum Gasteiger partial charge on any atom is 0.416 e. The summed E-state index contributed by atoms with van der Waals surface area (Å²) in [4.78, 5) is 0. The van der Waals surface area contributed by atoms with E-state index in [9.17, 15) is 13.2 Å². The van der Waals surface area contributed by atoms with Crippen LogP contribution in [0.4, 0.5) is 13.2 Å². The van der Waals surface area contributed by atoms with E-state index in [1.165, 1.54) is 6.07 Å². The highest BCUT2D eigenvalue weighted by atomic mass is 19.4. The number of hydrogen-bond donors (Lipinski definition) is 0. The molecule has 77 valence electrons. The number of rotatable bonds is 1. The van der Waals surface area contributed by atoms with Crippen LogP contribution < -0.4 is 0 Å². The minimum atomic E-state index is -4.34. The van der Waals surface area contributed by atoms with Crippen molar-refractivity contribution in [3.8, 4) is 0 Å². The molecule has 0 aromatic heterocycles. The molecule has 0 saturated carbocycles. The van der Waals surface area contributed by atoms with E-state index in [4.69, 9.17) is 15.7 Å². The van der Waals surface area contributed by atoms with Crippen LogP contribution in [0.1, 0.15) is 17.5 Å². The van der Waals surface area contributed by atoms with E-state index >= 15 is 0 Å². The quantitative estimate of drug-likeness (QED) is 0.631. The first kappa shape index (κ1) is 11.7. The largest absolute Gasteiger partial charge is 0.416 e. The normalized spacial score (nSPS) is 29.3. The first-order valence-electron chi connectivity index (χ1n) is 4.89. The van der Waals surface area contributed by atoms with Crippen LogP contribution in [0, 0.1) is 0 Å². The molecule has 2 rings (SSSR count). The number of benzene rings is 1. The zero-order chi connectivity index (χ0) is 12.0. The van der Waals surface area contributed by atoms with Gasteiger partial charge in [0, 0.05) is 0 Å². The molecule has 1 aromatic carbocycles. The molecule has 1 aliphatic heterocycles. The average Bonchev–Trinajstić information content (AvgIpc) is 2.14. The fourth-order valence-electron chi connectivity index (χ4n) is 1.94. The molecule has 6 heteroatoms. The molecule has 5 radical (unpaired) electrons. The zero-order valence-electron chi connectivity index (χ0n) is 8.46. The lowest BCUT2D eigenvalue weighted by atomic mass is 9.20. The smallest absolute Gasteiger partial charge is 0.166 e. The minimum Gasteiger partial charge on any atom is -0.166 e. The fourth-order valence-corrected chi connectivity index (χ4v) is 1.94. The molecule has 0 N–H and O–H groups in total. The third-order valence-electron chi connectivity index (χ3n) is 2.81. The summed E-state index contributed by atoms with van der Waals surface area (Å²) in [7, 11) is 13.2. The lowest BCUT2D eigenvalue weighted by molar-refractivity contribution is -0.137. The Morgan fingerprint density at radius 3 is 2.50 bits per heavy atom. The molecule has 1 aromatic rings. The average molecular weight is 217 g/mol. The van der Waals surface area contributed by atoms with Crippen molar-refractivity contribution in [1.29, 1.82) is 0 Å². The topological polar surface area (TPSA) is 0 Å². The van der Waals surface area contributed by atoms with Gasteiger partial charge in [-0.2, -0.15) is 13.2 Å². The van der Waals surface area contributed by atoms with Gasteiger partial charge < -0.3 is 0 Å². The second kappa shape index (κ2) is 3.61. The van der Waals surface area contributed by atoms with Crippen LogP contribution in [0.5, 0.6) is 0 Å². The SMILES string of the molecule is [B]C1[B]C([B])(c2cccc(C(F)(F)F)c2)C1. The Morgan fingerprint density at radius 1 is 1.38 bits per heavy atom. The second-order valence-corrected chi connectivity index (χ2v) is 4.15. The Morgan fingerprint density at radius 2 is 2.00 bits per heavy atom. The van der Waals surface area contributed by atoms with E-state index in [1.807, 2.05) is 0 Å². The third kappa shape index (κ3) is 2.02. The molecule has 1 heterocycles. The van der Waals surface area contributed by atoms with Crippen molar-refractivity contribution in [2.45, 2.75) is 23.5 Å². The minimum absolute atomic E-state index is 0.125. The van der Waals surface area contributed by atoms with Crippen LogP contribution in [0.2, 0.25) is 5.72 Å². The lowest BCUT2D eigenvalue weighted by Crippen LogP contribution is -2.47. The van der Waals surface area contributed by atoms with Crippen LogP contribution in [0.25, 0.3) is 0 Å². The fraction of sp³-hybridized carbons (Fsp3) is 0.400. The van der Waals surface area contributed by atoms with Gasteiger partial charge in [-0.05, 0) is 6.07 Å². The van der Waals surface area contributed by atoms with Crippen LogP contribution in [-0.4, -0.2) is 23.0 Å². The standard InChI is InChI=1S/C10H7B3F3/c11-8-5-9(12,13-8)6-2-1-3-7(4-6)10(14,15)16/h1-4,8H,5H2. The highest BCUT2D eigenvalue weighted by Gasteiger charge is 2.40. The van der Waals surface area contributed by atoms with Gasteiger partial charge in [0.15, 0.2) is 0 Å². The van der Waals surface area contributed by atoms with Gasteiger partial charge in [-0.3, -0.25) is 0 Å². The zero-order valence-corrected chi connectivity index (χ0v) is 8.46. The van der Waals surface area contributed by atoms with Crippen molar-refractivity contribution in [2.24, 2.45) is 0 Å². The summed E-state index contributed by atoms with van der Waals surface area (Å²) in [5.74, 6) is 0. The van der Waals surface area contributed by atoms with Crippen LogP contribution in [-0.2, 0) is 11.4 Å². The van der Waals surface area contributed by atoms with Gasteiger partial charge in [0.1, 0.15) is 7.28 Å². The number of hydrogen-bond acceptors (Lipinski definition) is 0. The Labute approximate surface area is 95.7 Å². The van der Waals surface area contributed by atoms with E-state index in [0.717, 1.165) is 12.1 Å². The third-order valence-corrected chi connectivity index (χ3v) is 2.81. The maximum absolute atomic E-state index is 12.5. The highest BCUT2D eigenvalue weighted by Crippen LogP contribution is 2.41. The first-order valence-corrected chi connectivity index (χ1v) is 4.89. The molecule has 1 saturated heterocycles. The summed E-state index contributed by atoms with van der Waals surface area (Å²) in [5, 5.41) is -0.805. The van der Waals surface area contributed by atoms with E-state index in [1.54, 1.807) is 13.3 Å². The molecule has 1 aliphatic rings. The molecule has 0 spiro atoms. The summed E-state index contributed by atoms with van der Waals surface area (Å²) in [5.41, 5.74) is -0.340. The molecule has 16 heavy (non-hydrogen) atoms. The Balaban J connectivity index is 2.30. The number of alkyl halides is 3. The molecule has 1 fully saturated rings. The van der Waals surface area contributed by atoms with Crippen molar-refractivity contribution in [2.75, 3.05) is 0 Å². The van der Waals surface area contributed by atoms with Gasteiger partial charge in [0.05, 0.1) is 21.3 Å². The monoisotopic (exact) mass is 217 g/mol. The Bertz CT molecular complexity index is 397. The summed E-state index contributed by atoms with van der Waals surface area (Å²) in [6.45, 7) is 0. The summed E-state index contributed by atoms with van der Waals surface area (Å²) in [6.07, 6.45) is -3.85. The predicted molar refractivity (Wildman–Crippen MR) is 58.8 cm³/mol. The van der Waals surface area contributed by atoms with Gasteiger partial charge in [-0.1, -0.05) is 35.4 Å². The number of halogens is 3. The van der Waals surface area contributed by atoms with Crippen LogP contribution >= 0.6 is 0 Å². The summed E-state index contributed by atoms with van der Waals surface area (Å²) >= 11 is 0. The Kier molecular flexibility index (Phi) is 2.63. The molecule has 0 bridgehead atoms. The molecule has 0 nitrogen and oxygen atoms in total. The highest BCUT2D eigenvalue weighted by molar-refractivity contribution is 6.65. The van der Waals surface area contributed by atoms with Crippen molar-refractivity contribution in [3.05, 3.63) is 35.4 Å². The maximum atomic E-state index is 12.5. The molecule has 0 amide bonds. The van der Waals surface area contributed by atoms with Gasteiger partial charge in [-0.25, -0.2) is 0 Å². The molecular formula is C10H7B3F3. The molecule has 2 atom stereocenters. The van der Waals surface area contributed by atoms with Gasteiger partial charge >= 0.3 is 6.18 Å². The van der Waals surface area contributed by atoms with Crippen molar-refractivity contribution < 1.29 is 13.2 Å². The van der Waals surface area contributed by atoms with Crippen LogP contribution in [0.3, 0.4) is 0 Å². The summed E-state index contributed by atoms with van der Waals surface area (Å²) in [6, 6.07) is 5.08. The van der Waals surface area contributed by atoms with E-state index in [-0.39, 0.29) is 5.72 Å².